The summed E-state index contributed by atoms with van der Waals surface area (Å²) in [7, 11) is 0. The maximum atomic E-state index is 12.1. The Morgan fingerprint density at radius 2 is 2.00 bits per heavy atom. The van der Waals surface area contributed by atoms with E-state index in [1.807, 2.05) is 11.8 Å². The number of hydrogen-bond donors (Lipinski definition) is 2. The molecule has 0 spiro atoms. The highest BCUT2D eigenvalue weighted by molar-refractivity contribution is 5.78. The van der Waals surface area contributed by atoms with Gasteiger partial charge in [-0.3, -0.25) is 4.79 Å². The number of carbonyl (C=O) groups excluding carboxylic acids is 1. The predicted octanol–water partition coefficient (Wildman–Crippen LogP) is 0.628. The van der Waals surface area contributed by atoms with Crippen LogP contribution in [0.15, 0.2) is 0 Å². The van der Waals surface area contributed by atoms with Gasteiger partial charge < -0.3 is 15.7 Å². The number of fused-ring (bicyclic) bond motifs is 2. The molecule has 0 aliphatic carbocycles. The van der Waals surface area contributed by atoms with E-state index in [1.54, 1.807) is 0 Å². The fraction of sp³-hybridized carbons (Fsp3) is 0.917. The molecule has 2 aliphatic rings. The number of piperidine rings is 1. The first kappa shape index (κ1) is 11.9. The molecule has 2 rings (SSSR count). The monoisotopic (exact) mass is 226 g/mol. The number of nitrogens with two attached hydrogens (primary N) is 1. The van der Waals surface area contributed by atoms with Crippen molar-refractivity contribution >= 4 is 5.91 Å². The molecule has 0 saturated carbocycles. The van der Waals surface area contributed by atoms with Crippen LogP contribution in [0.2, 0.25) is 0 Å². The molecule has 2 fully saturated rings. The molecule has 16 heavy (non-hydrogen) atoms. The van der Waals surface area contributed by atoms with E-state index in [1.165, 1.54) is 0 Å². The van der Waals surface area contributed by atoms with Crippen LogP contribution in [0.5, 0.6) is 0 Å². The Kier molecular flexibility index (Phi) is 3.50. The fourth-order valence-electron chi connectivity index (χ4n) is 3.03. The molecule has 0 aromatic carbocycles. The molecule has 0 aromatic heterocycles. The van der Waals surface area contributed by atoms with E-state index in [9.17, 15) is 9.90 Å². The zero-order valence-electron chi connectivity index (χ0n) is 9.93. The Balaban J connectivity index is 1.97. The molecule has 2 heterocycles. The van der Waals surface area contributed by atoms with Crippen molar-refractivity contribution < 1.29 is 9.90 Å². The van der Waals surface area contributed by atoms with E-state index in [-0.39, 0.29) is 30.1 Å². The highest BCUT2D eigenvalue weighted by Gasteiger charge is 2.42. The highest BCUT2D eigenvalue weighted by Crippen LogP contribution is 2.36. The van der Waals surface area contributed by atoms with Crippen LogP contribution < -0.4 is 5.73 Å². The molecule has 3 unspecified atom stereocenters. The van der Waals surface area contributed by atoms with Crippen molar-refractivity contribution in [3.63, 3.8) is 0 Å². The summed E-state index contributed by atoms with van der Waals surface area (Å²) >= 11 is 0. The van der Waals surface area contributed by atoms with Crippen molar-refractivity contribution in [2.75, 3.05) is 0 Å². The van der Waals surface area contributed by atoms with Crippen LogP contribution in [0.3, 0.4) is 0 Å². The van der Waals surface area contributed by atoms with Gasteiger partial charge >= 0.3 is 0 Å². The van der Waals surface area contributed by atoms with E-state index in [2.05, 4.69) is 0 Å². The van der Waals surface area contributed by atoms with Crippen molar-refractivity contribution in [2.24, 2.45) is 5.73 Å². The lowest BCUT2D eigenvalue weighted by molar-refractivity contribution is -0.137. The third-order valence-corrected chi connectivity index (χ3v) is 3.96. The third kappa shape index (κ3) is 2.23. The second-order valence-corrected chi connectivity index (χ2v) is 5.18. The Morgan fingerprint density at radius 1 is 1.44 bits per heavy atom. The molecule has 4 nitrogen and oxygen atoms in total. The molecule has 3 N–H and O–H groups in total. The number of hydrogen-bond acceptors (Lipinski definition) is 3. The van der Waals surface area contributed by atoms with Crippen molar-refractivity contribution in [2.45, 2.75) is 69.7 Å². The standard InChI is InChI=1S/C12H22N2O2/c1-2-8(13)5-12(16)14-9-3-4-10(14)7-11(15)6-9/h8-11,15H,2-7,13H2,1H3. The summed E-state index contributed by atoms with van der Waals surface area (Å²) in [6.07, 6.45) is 4.70. The Morgan fingerprint density at radius 3 is 2.50 bits per heavy atom. The largest absolute Gasteiger partial charge is 0.393 e. The van der Waals surface area contributed by atoms with Gasteiger partial charge in [0, 0.05) is 24.5 Å². The molecule has 0 aromatic rings. The van der Waals surface area contributed by atoms with Gasteiger partial charge in [0.15, 0.2) is 0 Å². The Labute approximate surface area is 96.8 Å². The van der Waals surface area contributed by atoms with Gasteiger partial charge in [0.25, 0.3) is 0 Å². The minimum absolute atomic E-state index is 0.0150. The number of carbonyl (C=O) groups is 1. The van der Waals surface area contributed by atoms with Gasteiger partial charge in [-0.1, -0.05) is 6.92 Å². The quantitative estimate of drug-likeness (QED) is 0.741. The smallest absolute Gasteiger partial charge is 0.224 e. The highest BCUT2D eigenvalue weighted by atomic mass is 16.3. The fourth-order valence-corrected chi connectivity index (χ4v) is 3.03. The third-order valence-electron chi connectivity index (χ3n) is 3.96. The van der Waals surface area contributed by atoms with E-state index < -0.39 is 0 Å². The summed E-state index contributed by atoms with van der Waals surface area (Å²) in [5, 5.41) is 9.65. The average Bonchev–Trinajstić information content (AvgIpc) is 2.51. The lowest BCUT2D eigenvalue weighted by Crippen LogP contribution is -2.49. The zero-order chi connectivity index (χ0) is 11.7. The molecule has 1 amide bonds. The van der Waals surface area contributed by atoms with Crippen molar-refractivity contribution in [1.29, 1.82) is 0 Å². The van der Waals surface area contributed by atoms with Crippen LogP contribution in [0.25, 0.3) is 0 Å². The summed E-state index contributed by atoms with van der Waals surface area (Å²) in [6, 6.07) is 0.523. The summed E-state index contributed by atoms with van der Waals surface area (Å²) < 4.78 is 0. The predicted molar refractivity (Wildman–Crippen MR) is 61.8 cm³/mol. The molecule has 0 radical (unpaired) electrons. The number of nitrogens with zero attached hydrogens (tertiary/aromatic N) is 1. The van der Waals surface area contributed by atoms with Crippen LogP contribution in [-0.4, -0.2) is 40.1 Å². The topological polar surface area (TPSA) is 66.6 Å². The first-order valence-corrected chi connectivity index (χ1v) is 6.36. The molecule has 3 atom stereocenters. The summed E-state index contributed by atoms with van der Waals surface area (Å²) in [5.41, 5.74) is 5.82. The number of aliphatic hydroxyl groups excluding tert-OH is 1. The number of aliphatic hydroxyl groups is 1. The average molecular weight is 226 g/mol. The van der Waals surface area contributed by atoms with Crippen LogP contribution in [0.4, 0.5) is 0 Å². The molecular formula is C12H22N2O2. The lowest BCUT2D eigenvalue weighted by Gasteiger charge is -2.37. The van der Waals surface area contributed by atoms with Gasteiger partial charge in [0.05, 0.1) is 6.10 Å². The molecule has 2 bridgehead atoms. The van der Waals surface area contributed by atoms with Gasteiger partial charge in [-0.05, 0) is 32.1 Å². The maximum Gasteiger partial charge on any atom is 0.224 e. The van der Waals surface area contributed by atoms with Crippen LogP contribution >= 0.6 is 0 Å². The van der Waals surface area contributed by atoms with Crippen LogP contribution in [0, 0.1) is 0 Å². The second-order valence-electron chi connectivity index (χ2n) is 5.18. The van der Waals surface area contributed by atoms with Crippen molar-refractivity contribution in [1.82, 2.24) is 4.90 Å². The normalized spacial score (nSPS) is 35.2. The summed E-state index contributed by atoms with van der Waals surface area (Å²) in [6.45, 7) is 2.01. The first-order valence-electron chi connectivity index (χ1n) is 6.36. The van der Waals surface area contributed by atoms with Gasteiger partial charge in [0.2, 0.25) is 5.91 Å². The van der Waals surface area contributed by atoms with Crippen LogP contribution in [-0.2, 0) is 4.79 Å². The van der Waals surface area contributed by atoms with E-state index in [0.717, 1.165) is 32.1 Å². The molecule has 4 heteroatoms. The van der Waals surface area contributed by atoms with Gasteiger partial charge in [-0.15, -0.1) is 0 Å². The van der Waals surface area contributed by atoms with E-state index in [0.29, 0.717) is 6.42 Å². The minimum atomic E-state index is -0.207. The number of rotatable bonds is 3. The second kappa shape index (κ2) is 4.72. The van der Waals surface area contributed by atoms with Gasteiger partial charge in [-0.2, -0.15) is 0 Å². The lowest BCUT2D eigenvalue weighted by atomic mass is 9.98. The van der Waals surface area contributed by atoms with E-state index in [4.69, 9.17) is 5.73 Å². The molecule has 2 saturated heterocycles. The minimum Gasteiger partial charge on any atom is -0.393 e. The Bertz CT molecular complexity index is 256. The van der Waals surface area contributed by atoms with Gasteiger partial charge in [-0.25, -0.2) is 0 Å². The SMILES string of the molecule is CCC(N)CC(=O)N1C2CCC1CC(O)C2. The van der Waals surface area contributed by atoms with E-state index >= 15 is 0 Å². The number of amides is 1. The van der Waals surface area contributed by atoms with Crippen molar-refractivity contribution in [3.05, 3.63) is 0 Å². The molecular weight excluding hydrogens is 204 g/mol. The van der Waals surface area contributed by atoms with Gasteiger partial charge in [0.1, 0.15) is 0 Å². The maximum absolute atomic E-state index is 12.1. The Hall–Kier alpha value is -0.610. The summed E-state index contributed by atoms with van der Waals surface area (Å²) in [5.74, 6) is 0.189. The van der Waals surface area contributed by atoms with Crippen LogP contribution in [0.1, 0.15) is 45.4 Å². The molecule has 2 aliphatic heterocycles. The molecule has 92 valence electrons. The zero-order valence-corrected chi connectivity index (χ0v) is 9.93. The van der Waals surface area contributed by atoms with Crippen molar-refractivity contribution in [3.8, 4) is 0 Å². The summed E-state index contributed by atoms with van der Waals surface area (Å²) in [4.78, 5) is 14.1. The first-order chi connectivity index (χ1) is 7.61.